The Hall–Kier alpha value is -1.70. The van der Waals surface area contributed by atoms with E-state index in [1.54, 1.807) is 6.26 Å². The molecule has 0 amide bonds. The molecule has 0 radical (unpaired) electrons. The summed E-state index contributed by atoms with van der Waals surface area (Å²) in [5, 5.41) is 0. The monoisotopic (exact) mass is 478 g/mol. The van der Waals surface area contributed by atoms with E-state index >= 15 is 0 Å². The van der Waals surface area contributed by atoms with E-state index in [-0.39, 0.29) is 0 Å². The van der Waals surface area contributed by atoms with Gasteiger partial charge in [0, 0.05) is 13.2 Å². The molecule has 0 saturated carbocycles. The van der Waals surface area contributed by atoms with Crippen molar-refractivity contribution in [2.75, 3.05) is 72.7 Å². The quantitative estimate of drug-likeness (QED) is 0.147. The molecule has 0 bridgehead atoms. The van der Waals surface area contributed by atoms with Crippen LogP contribution < -0.4 is 0 Å². The van der Waals surface area contributed by atoms with Gasteiger partial charge in [0.25, 0.3) is 0 Å². The molecule has 1 rings (SSSR count). The molecule has 0 spiro atoms. The molecule has 0 aliphatic heterocycles. The second-order valence-corrected chi connectivity index (χ2v) is 8.07. The topological polar surface area (TPSA) is 55.4 Å². The van der Waals surface area contributed by atoms with Crippen molar-refractivity contribution in [3.8, 4) is 0 Å². The Morgan fingerprint density at radius 1 is 0.706 bits per heavy atom. The highest BCUT2D eigenvalue weighted by molar-refractivity contribution is 5.70. The van der Waals surface area contributed by atoms with Gasteiger partial charge in [-0.1, -0.05) is 51.5 Å². The van der Waals surface area contributed by atoms with Gasteiger partial charge in [0.05, 0.1) is 59.1 Å². The van der Waals surface area contributed by atoms with Crippen molar-refractivity contribution in [1.82, 2.24) is 0 Å². The average Bonchev–Trinajstić information content (AvgIpc) is 2.86. The predicted octanol–water partition coefficient (Wildman–Crippen LogP) is 5.76. The summed E-state index contributed by atoms with van der Waals surface area (Å²) in [4.78, 5) is 0. The molecule has 0 saturated heterocycles. The lowest BCUT2D eigenvalue weighted by Crippen LogP contribution is -2.10. The van der Waals surface area contributed by atoms with Gasteiger partial charge in [0.1, 0.15) is 6.61 Å². The Morgan fingerprint density at radius 3 is 1.79 bits per heavy atom. The Morgan fingerprint density at radius 2 is 1.21 bits per heavy atom. The van der Waals surface area contributed by atoms with Gasteiger partial charge in [-0.05, 0) is 48.1 Å². The summed E-state index contributed by atoms with van der Waals surface area (Å²) in [5.41, 5.74) is 4.14. The van der Waals surface area contributed by atoms with E-state index in [9.17, 15) is 0 Å². The Balaban J connectivity index is 2.19. The number of hydrogen-bond donors (Lipinski definition) is 0. The van der Waals surface area contributed by atoms with Crippen molar-refractivity contribution >= 4 is 11.1 Å². The van der Waals surface area contributed by atoms with Gasteiger partial charge >= 0.3 is 0 Å². The van der Waals surface area contributed by atoms with E-state index in [4.69, 9.17) is 28.4 Å². The molecule has 0 aliphatic carbocycles. The standard InChI is InChI=1S/C28H46O6/c1-5-7-12-29-14-16-31-18-20-33-23-25(3)27-10-9-11-28(22-27)26(4)24-34-21-19-32-17-15-30-13-8-6-2/h9-11,22,24H,3,5-8,12-21,23H2,1-2,4H3/b26-24-. The lowest BCUT2D eigenvalue weighted by Gasteiger charge is -2.11. The van der Waals surface area contributed by atoms with Crippen LogP contribution >= 0.6 is 0 Å². The highest BCUT2D eigenvalue weighted by Crippen LogP contribution is 2.20. The fourth-order valence-corrected chi connectivity index (χ4v) is 2.88. The fourth-order valence-electron chi connectivity index (χ4n) is 2.88. The van der Waals surface area contributed by atoms with E-state index in [2.05, 4.69) is 32.6 Å². The van der Waals surface area contributed by atoms with Gasteiger partial charge in [-0.25, -0.2) is 0 Å². The van der Waals surface area contributed by atoms with Crippen LogP contribution in [0.2, 0.25) is 0 Å². The summed E-state index contributed by atoms with van der Waals surface area (Å²) < 4.78 is 33.3. The first-order chi connectivity index (χ1) is 16.7. The van der Waals surface area contributed by atoms with Crippen LogP contribution in [-0.4, -0.2) is 72.7 Å². The van der Waals surface area contributed by atoms with Crippen molar-refractivity contribution in [2.45, 2.75) is 46.5 Å². The van der Waals surface area contributed by atoms with Crippen LogP contribution in [0.1, 0.15) is 57.6 Å². The largest absolute Gasteiger partial charge is 0.498 e. The summed E-state index contributed by atoms with van der Waals surface area (Å²) in [6.07, 6.45) is 6.27. The minimum Gasteiger partial charge on any atom is -0.498 e. The van der Waals surface area contributed by atoms with Crippen molar-refractivity contribution in [2.24, 2.45) is 0 Å². The second-order valence-electron chi connectivity index (χ2n) is 8.07. The third kappa shape index (κ3) is 16.0. The third-order valence-corrected chi connectivity index (χ3v) is 5.01. The number of benzene rings is 1. The molecule has 0 atom stereocenters. The van der Waals surface area contributed by atoms with Gasteiger partial charge in [0.2, 0.25) is 0 Å². The Labute approximate surface area is 207 Å². The zero-order valence-corrected chi connectivity index (χ0v) is 21.6. The van der Waals surface area contributed by atoms with Crippen LogP contribution in [0.4, 0.5) is 0 Å². The molecule has 6 heteroatoms. The maximum absolute atomic E-state index is 5.71. The molecule has 0 aromatic heterocycles. The molecule has 1 aromatic carbocycles. The molecule has 0 unspecified atom stereocenters. The minimum atomic E-state index is 0.471. The summed E-state index contributed by atoms with van der Waals surface area (Å²) in [5.74, 6) is 0. The summed E-state index contributed by atoms with van der Waals surface area (Å²) in [6.45, 7) is 17.2. The predicted molar refractivity (Wildman–Crippen MR) is 139 cm³/mol. The van der Waals surface area contributed by atoms with Gasteiger partial charge < -0.3 is 28.4 Å². The van der Waals surface area contributed by atoms with Gasteiger partial charge in [0.15, 0.2) is 0 Å². The van der Waals surface area contributed by atoms with E-state index in [0.717, 1.165) is 61.2 Å². The van der Waals surface area contributed by atoms with Crippen LogP contribution in [0.25, 0.3) is 11.1 Å². The molecule has 34 heavy (non-hydrogen) atoms. The summed E-state index contributed by atoms with van der Waals surface area (Å²) in [6, 6.07) is 8.24. The lowest BCUT2D eigenvalue weighted by molar-refractivity contribution is 0.0198. The highest BCUT2D eigenvalue weighted by atomic mass is 16.5. The van der Waals surface area contributed by atoms with Crippen molar-refractivity contribution < 1.29 is 28.4 Å². The first-order valence-corrected chi connectivity index (χ1v) is 12.6. The van der Waals surface area contributed by atoms with Crippen molar-refractivity contribution in [3.63, 3.8) is 0 Å². The highest BCUT2D eigenvalue weighted by Gasteiger charge is 2.03. The smallest absolute Gasteiger partial charge is 0.111 e. The Kier molecular flexibility index (Phi) is 19.5. The first-order valence-electron chi connectivity index (χ1n) is 12.6. The number of ether oxygens (including phenoxy) is 6. The number of rotatable bonds is 23. The van der Waals surface area contributed by atoms with Crippen molar-refractivity contribution in [3.05, 3.63) is 48.2 Å². The van der Waals surface area contributed by atoms with Crippen LogP contribution in [0.5, 0.6) is 0 Å². The fraction of sp³-hybridized carbons (Fsp3) is 0.643. The second kappa shape index (κ2) is 21.8. The lowest BCUT2D eigenvalue weighted by atomic mass is 10.0. The van der Waals surface area contributed by atoms with E-state index in [1.165, 1.54) is 0 Å². The molecular formula is C28H46O6. The molecule has 0 fully saturated rings. The maximum atomic E-state index is 5.71. The van der Waals surface area contributed by atoms with Crippen LogP contribution in [0, 0.1) is 0 Å². The molecule has 0 heterocycles. The third-order valence-electron chi connectivity index (χ3n) is 5.01. The van der Waals surface area contributed by atoms with Crippen LogP contribution in [0.15, 0.2) is 37.1 Å². The zero-order valence-electron chi connectivity index (χ0n) is 21.6. The first kappa shape index (κ1) is 30.3. The zero-order chi connectivity index (χ0) is 24.7. The Bertz CT molecular complexity index is 658. The van der Waals surface area contributed by atoms with E-state index in [1.807, 2.05) is 19.1 Å². The van der Waals surface area contributed by atoms with Crippen LogP contribution in [0.3, 0.4) is 0 Å². The van der Waals surface area contributed by atoms with Gasteiger partial charge in [-0.15, -0.1) is 0 Å². The number of allylic oxidation sites excluding steroid dienone is 1. The molecule has 194 valence electrons. The molecule has 6 nitrogen and oxygen atoms in total. The van der Waals surface area contributed by atoms with Crippen molar-refractivity contribution in [1.29, 1.82) is 0 Å². The van der Waals surface area contributed by atoms with Crippen LogP contribution in [-0.2, 0) is 28.4 Å². The van der Waals surface area contributed by atoms with Gasteiger partial charge in [-0.2, -0.15) is 0 Å². The molecule has 0 aliphatic rings. The number of unbranched alkanes of at least 4 members (excludes halogenated alkanes) is 2. The minimum absolute atomic E-state index is 0.471. The SMILES string of the molecule is C=C(COCCOCCOCCCC)c1cccc(/C(C)=C\OCCOCCOCCCC)c1. The molecule has 0 N–H and O–H groups in total. The summed E-state index contributed by atoms with van der Waals surface area (Å²) >= 11 is 0. The normalized spacial score (nSPS) is 11.7. The number of hydrogen-bond acceptors (Lipinski definition) is 6. The van der Waals surface area contributed by atoms with Gasteiger partial charge in [-0.3, -0.25) is 0 Å². The average molecular weight is 479 g/mol. The molecular weight excluding hydrogens is 432 g/mol. The maximum Gasteiger partial charge on any atom is 0.111 e. The molecule has 1 aromatic rings. The van der Waals surface area contributed by atoms with E-state index < -0.39 is 0 Å². The summed E-state index contributed by atoms with van der Waals surface area (Å²) in [7, 11) is 0. The van der Waals surface area contributed by atoms with E-state index in [0.29, 0.717) is 59.5 Å².